The van der Waals surface area contributed by atoms with Crippen LogP contribution in [-0.4, -0.2) is 25.0 Å². The Balaban J connectivity index is 3.73. The molecule has 0 amide bonds. The molecule has 0 aliphatic carbocycles. The van der Waals surface area contributed by atoms with Crippen LogP contribution in [0.4, 0.5) is 0 Å². The molecule has 0 aromatic carbocycles. The molecule has 2 heteroatoms. The molecule has 0 saturated heterocycles. The Hall–Kier alpha value is -0.550. The van der Waals surface area contributed by atoms with Gasteiger partial charge < -0.3 is 4.90 Å². The molecular formula is C13H26N2. The van der Waals surface area contributed by atoms with Gasteiger partial charge in [0.05, 0.1) is 12.0 Å². The second-order valence-corrected chi connectivity index (χ2v) is 5.28. The third kappa shape index (κ3) is 7.39. The first kappa shape index (κ1) is 14.5. The predicted octanol–water partition coefficient (Wildman–Crippen LogP) is 3.15. The summed E-state index contributed by atoms with van der Waals surface area (Å²) in [5, 5.41) is 8.98. The zero-order chi connectivity index (χ0) is 11.8. The van der Waals surface area contributed by atoms with Crippen LogP contribution in [0.3, 0.4) is 0 Å². The quantitative estimate of drug-likeness (QED) is 0.645. The highest BCUT2D eigenvalue weighted by molar-refractivity contribution is 4.86. The molecule has 0 heterocycles. The van der Waals surface area contributed by atoms with E-state index in [1.54, 1.807) is 0 Å². The molecule has 0 N–H and O–H groups in total. The Morgan fingerprint density at radius 1 is 1.20 bits per heavy atom. The lowest BCUT2D eigenvalue weighted by molar-refractivity contribution is 0.263. The second-order valence-electron chi connectivity index (χ2n) is 5.28. The van der Waals surface area contributed by atoms with Crippen molar-refractivity contribution in [2.24, 2.45) is 17.8 Å². The van der Waals surface area contributed by atoms with Crippen LogP contribution >= 0.6 is 0 Å². The van der Waals surface area contributed by atoms with Gasteiger partial charge >= 0.3 is 0 Å². The molecule has 0 bridgehead atoms. The summed E-state index contributed by atoms with van der Waals surface area (Å²) in [6.45, 7) is 10.8. The summed E-state index contributed by atoms with van der Waals surface area (Å²) < 4.78 is 0. The number of nitriles is 1. The number of hydrogen-bond acceptors (Lipinski definition) is 2. The predicted molar refractivity (Wildman–Crippen MR) is 65.5 cm³/mol. The van der Waals surface area contributed by atoms with Crippen molar-refractivity contribution in [3.63, 3.8) is 0 Å². The number of hydrogen-bond donors (Lipinski definition) is 0. The van der Waals surface area contributed by atoms with Crippen molar-refractivity contribution < 1.29 is 0 Å². The second kappa shape index (κ2) is 7.70. The van der Waals surface area contributed by atoms with Crippen molar-refractivity contribution in [2.75, 3.05) is 20.1 Å². The van der Waals surface area contributed by atoms with E-state index in [2.05, 4.69) is 45.7 Å². The van der Waals surface area contributed by atoms with Crippen LogP contribution in [0.2, 0.25) is 0 Å². The van der Waals surface area contributed by atoms with Crippen molar-refractivity contribution >= 4 is 0 Å². The Bertz CT molecular complexity index is 191. The minimum atomic E-state index is 0.175. The SMILES string of the molecule is CC(C)CCCN(C)CC(C#N)C(C)C. The lowest BCUT2D eigenvalue weighted by Crippen LogP contribution is -2.28. The molecule has 2 nitrogen and oxygen atoms in total. The first-order valence-corrected chi connectivity index (χ1v) is 6.05. The third-order valence-electron chi connectivity index (χ3n) is 2.80. The standard InChI is InChI=1S/C13H26N2/c1-11(2)7-6-8-15(5)10-13(9-14)12(3)4/h11-13H,6-8,10H2,1-5H3. The molecule has 0 rings (SSSR count). The maximum absolute atomic E-state index is 8.98. The van der Waals surface area contributed by atoms with Crippen molar-refractivity contribution in [3.05, 3.63) is 0 Å². The fourth-order valence-electron chi connectivity index (χ4n) is 1.60. The summed E-state index contributed by atoms with van der Waals surface area (Å²) in [4.78, 5) is 2.29. The van der Waals surface area contributed by atoms with Gasteiger partial charge in [-0.05, 0) is 38.3 Å². The Morgan fingerprint density at radius 2 is 1.80 bits per heavy atom. The highest BCUT2D eigenvalue weighted by Crippen LogP contribution is 2.11. The van der Waals surface area contributed by atoms with Crippen LogP contribution in [0.5, 0.6) is 0 Å². The van der Waals surface area contributed by atoms with Gasteiger partial charge in [0.1, 0.15) is 0 Å². The molecule has 0 aromatic heterocycles. The molecule has 0 spiro atoms. The first-order valence-electron chi connectivity index (χ1n) is 6.05. The van der Waals surface area contributed by atoms with Gasteiger partial charge in [0.15, 0.2) is 0 Å². The average Bonchev–Trinajstić information content (AvgIpc) is 2.13. The lowest BCUT2D eigenvalue weighted by atomic mass is 9.97. The van der Waals surface area contributed by atoms with Crippen LogP contribution in [0.25, 0.3) is 0 Å². The summed E-state index contributed by atoms with van der Waals surface area (Å²) in [5.41, 5.74) is 0. The largest absolute Gasteiger partial charge is 0.305 e. The van der Waals surface area contributed by atoms with E-state index in [1.807, 2.05) is 0 Å². The highest BCUT2D eigenvalue weighted by atomic mass is 15.1. The maximum atomic E-state index is 8.98. The van der Waals surface area contributed by atoms with Crippen LogP contribution in [0.15, 0.2) is 0 Å². The Kier molecular flexibility index (Phi) is 7.42. The molecule has 1 atom stereocenters. The topological polar surface area (TPSA) is 27.0 Å². The van der Waals surface area contributed by atoms with E-state index in [-0.39, 0.29) is 5.92 Å². The van der Waals surface area contributed by atoms with Crippen LogP contribution in [0, 0.1) is 29.1 Å². The zero-order valence-electron chi connectivity index (χ0n) is 11.0. The van der Waals surface area contributed by atoms with Gasteiger partial charge in [-0.2, -0.15) is 5.26 Å². The molecule has 0 aromatic rings. The van der Waals surface area contributed by atoms with E-state index in [1.165, 1.54) is 12.8 Å². The summed E-state index contributed by atoms with van der Waals surface area (Å²) in [6, 6.07) is 2.39. The molecule has 1 unspecified atom stereocenters. The molecule has 0 saturated carbocycles. The highest BCUT2D eigenvalue weighted by Gasteiger charge is 2.14. The third-order valence-corrected chi connectivity index (χ3v) is 2.80. The molecule has 0 fully saturated rings. The van der Waals surface area contributed by atoms with E-state index >= 15 is 0 Å². The van der Waals surface area contributed by atoms with Gasteiger partial charge in [0, 0.05) is 6.54 Å². The molecule has 15 heavy (non-hydrogen) atoms. The van der Waals surface area contributed by atoms with Crippen molar-refractivity contribution in [2.45, 2.75) is 40.5 Å². The summed E-state index contributed by atoms with van der Waals surface area (Å²) >= 11 is 0. The van der Waals surface area contributed by atoms with Crippen LogP contribution in [-0.2, 0) is 0 Å². The fraction of sp³-hybridized carbons (Fsp3) is 0.923. The smallest absolute Gasteiger partial charge is 0.0671 e. The van der Waals surface area contributed by atoms with Crippen molar-refractivity contribution in [3.8, 4) is 6.07 Å². The molecule has 0 radical (unpaired) electrons. The Labute approximate surface area is 95.3 Å². The normalized spacial score (nSPS) is 13.5. The van der Waals surface area contributed by atoms with Crippen molar-refractivity contribution in [1.82, 2.24) is 4.90 Å². The van der Waals surface area contributed by atoms with E-state index in [4.69, 9.17) is 5.26 Å². The monoisotopic (exact) mass is 210 g/mol. The average molecular weight is 210 g/mol. The number of rotatable bonds is 7. The molecule has 0 aliphatic heterocycles. The van der Waals surface area contributed by atoms with E-state index in [9.17, 15) is 0 Å². The van der Waals surface area contributed by atoms with Crippen molar-refractivity contribution in [1.29, 1.82) is 5.26 Å². The fourth-order valence-corrected chi connectivity index (χ4v) is 1.60. The lowest BCUT2D eigenvalue weighted by Gasteiger charge is -2.22. The molecule has 0 aliphatic rings. The van der Waals surface area contributed by atoms with Gasteiger partial charge in [-0.25, -0.2) is 0 Å². The first-order chi connectivity index (χ1) is 6.97. The van der Waals surface area contributed by atoms with E-state index < -0.39 is 0 Å². The van der Waals surface area contributed by atoms with Crippen LogP contribution in [0.1, 0.15) is 40.5 Å². The minimum Gasteiger partial charge on any atom is -0.305 e. The van der Waals surface area contributed by atoms with Gasteiger partial charge in [0.25, 0.3) is 0 Å². The van der Waals surface area contributed by atoms with Crippen LogP contribution < -0.4 is 0 Å². The zero-order valence-corrected chi connectivity index (χ0v) is 11.0. The van der Waals surface area contributed by atoms with Gasteiger partial charge in [0.2, 0.25) is 0 Å². The van der Waals surface area contributed by atoms with Gasteiger partial charge in [-0.3, -0.25) is 0 Å². The molecular weight excluding hydrogens is 184 g/mol. The minimum absolute atomic E-state index is 0.175. The van der Waals surface area contributed by atoms with E-state index in [0.29, 0.717) is 5.92 Å². The summed E-state index contributed by atoms with van der Waals surface area (Å²) in [5.74, 6) is 1.42. The van der Waals surface area contributed by atoms with Gasteiger partial charge in [-0.1, -0.05) is 27.7 Å². The molecule has 88 valence electrons. The number of nitrogens with zero attached hydrogens (tertiary/aromatic N) is 2. The van der Waals surface area contributed by atoms with E-state index in [0.717, 1.165) is 19.0 Å². The summed E-state index contributed by atoms with van der Waals surface area (Å²) in [6.07, 6.45) is 2.52. The summed E-state index contributed by atoms with van der Waals surface area (Å²) in [7, 11) is 2.12. The maximum Gasteiger partial charge on any atom is 0.0671 e. The Morgan fingerprint density at radius 3 is 2.20 bits per heavy atom. The van der Waals surface area contributed by atoms with Gasteiger partial charge in [-0.15, -0.1) is 0 Å².